The number of likely N-dealkylation sites (N-methyl/N-ethyl adjacent to an activating group) is 1. The van der Waals surface area contributed by atoms with Crippen LogP contribution in [0.5, 0.6) is 5.75 Å². The van der Waals surface area contributed by atoms with E-state index in [-0.39, 0.29) is 30.3 Å². The number of aromatic hydroxyl groups is 1. The Labute approximate surface area is 197 Å². The quantitative estimate of drug-likeness (QED) is 0.544. The van der Waals surface area contributed by atoms with Crippen LogP contribution in [0.25, 0.3) is 10.9 Å². The van der Waals surface area contributed by atoms with Crippen LogP contribution >= 0.6 is 0 Å². The molecule has 2 aromatic carbocycles. The molecule has 9 heteroatoms. The molecule has 0 radical (unpaired) electrons. The van der Waals surface area contributed by atoms with Gasteiger partial charge in [-0.15, -0.1) is 6.58 Å². The fourth-order valence-electron chi connectivity index (χ4n) is 4.98. The van der Waals surface area contributed by atoms with E-state index in [1.54, 1.807) is 41.4 Å². The number of hydrazine groups is 1. The molecule has 3 aromatic rings. The number of amides is 2. The van der Waals surface area contributed by atoms with Crippen LogP contribution in [0.15, 0.2) is 61.3 Å². The maximum atomic E-state index is 13.8. The highest BCUT2D eigenvalue weighted by atomic mass is 16.3. The molecule has 9 nitrogen and oxygen atoms in total. The molecule has 2 atom stereocenters. The van der Waals surface area contributed by atoms with Gasteiger partial charge in [-0.2, -0.15) is 5.10 Å². The summed E-state index contributed by atoms with van der Waals surface area (Å²) in [6.45, 7) is 5.38. The molecule has 2 amide bonds. The maximum absolute atomic E-state index is 13.8. The van der Waals surface area contributed by atoms with E-state index in [9.17, 15) is 14.7 Å². The predicted octanol–water partition coefficient (Wildman–Crippen LogP) is 1.73. The number of para-hydroxylation sites is 1. The van der Waals surface area contributed by atoms with Crippen LogP contribution in [0.2, 0.25) is 0 Å². The van der Waals surface area contributed by atoms with Crippen LogP contribution in [0.1, 0.15) is 11.1 Å². The molecule has 176 valence electrons. The first kappa shape index (κ1) is 22.1. The monoisotopic (exact) mass is 460 g/mol. The van der Waals surface area contributed by atoms with Crippen molar-refractivity contribution >= 4 is 22.7 Å². The number of H-pyrrole nitrogens is 1. The lowest BCUT2D eigenvalue weighted by Gasteiger charge is -2.54. The summed E-state index contributed by atoms with van der Waals surface area (Å²) in [4.78, 5) is 30.6. The minimum atomic E-state index is -0.634. The van der Waals surface area contributed by atoms with Crippen molar-refractivity contribution in [3.63, 3.8) is 0 Å². The summed E-state index contributed by atoms with van der Waals surface area (Å²) in [6.07, 6.45) is 3.63. The zero-order valence-electron chi connectivity index (χ0n) is 19.1. The van der Waals surface area contributed by atoms with E-state index in [1.807, 2.05) is 40.2 Å². The molecule has 0 saturated carbocycles. The van der Waals surface area contributed by atoms with Crippen molar-refractivity contribution in [2.45, 2.75) is 25.2 Å². The Balaban J connectivity index is 1.49. The minimum absolute atomic E-state index is 0.0719. The van der Waals surface area contributed by atoms with Crippen molar-refractivity contribution in [1.82, 2.24) is 30.0 Å². The van der Waals surface area contributed by atoms with E-state index in [0.717, 1.165) is 22.0 Å². The molecule has 0 aliphatic carbocycles. The number of aromatic nitrogens is 2. The van der Waals surface area contributed by atoms with Crippen LogP contribution in [-0.2, 0) is 22.6 Å². The normalized spacial score (nSPS) is 21.8. The van der Waals surface area contributed by atoms with Crippen molar-refractivity contribution < 1.29 is 14.7 Å². The number of fused-ring (bicyclic) bond motifs is 2. The van der Waals surface area contributed by atoms with Gasteiger partial charge in [0, 0.05) is 31.9 Å². The van der Waals surface area contributed by atoms with E-state index < -0.39 is 6.04 Å². The number of nitrogens with one attached hydrogen (secondary N) is 1. The van der Waals surface area contributed by atoms with E-state index in [2.05, 4.69) is 16.8 Å². The average molecular weight is 461 g/mol. The number of carbonyl (C=O) groups is 2. The zero-order chi connectivity index (χ0) is 23.8. The third kappa shape index (κ3) is 3.93. The van der Waals surface area contributed by atoms with Gasteiger partial charge >= 0.3 is 0 Å². The first-order chi connectivity index (χ1) is 16.5. The van der Waals surface area contributed by atoms with Crippen LogP contribution < -0.4 is 0 Å². The summed E-state index contributed by atoms with van der Waals surface area (Å²) in [5.74, 6) is 0.0110. The van der Waals surface area contributed by atoms with Gasteiger partial charge in [0.25, 0.3) is 0 Å². The number of hydrogen-bond donors (Lipinski definition) is 2. The smallest absolute Gasteiger partial charge is 0.246 e. The number of carbonyl (C=O) groups excluding carboxylic acids is 2. The second-order valence-corrected chi connectivity index (χ2v) is 8.85. The highest BCUT2D eigenvalue weighted by Gasteiger charge is 2.48. The molecule has 0 spiro atoms. The first-order valence-corrected chi connectivity index (χ1v) is 11.3. The third-order valence-electron chi connectivity index (χ3n) is 6.75. The van der Waals surface area contributed by atoms with Gasteiger partial charge in [0.05, 0.1) is 24.8 Å². The number of benzene rings is 2. The van der Waals surface area contributed by atoms with Crippen molar-refractivity contribution in [3.8, 4) is 5.75 Å². The minimum Gasteiger partial charge on any atom is -0.508 e. The van der Waals surface area contributed by atoms with Gasteiger partial charge in [0.1, 0.15) is 18.0 Å². The van der Waals surface area contributed by atoms with E-state index in [4.69, 9.17) is 0 Å². The van der Waals surface area contributed by atoms with E-state index in [1.165, 1.54) is 0 Å². The Hall–Kier alpha value is -3.69. The van der Waals surface area contributed by atoms with Crippen molar-refractivity contribution in [3.05, 3.63) is 72.4 Å². The third-order valence-corrected chi connectivity index (χ3v) is 6.75. The molecule has 2 fully saturated rings. The van der Waals surface area contributed by atoms with Gasteiger partial charge in [-0.05, 0) is 23.3 Å². The standard InChI is InChI=1S/C25H28N6O3/c1-3-11-30-16-23(33)31-21(12-17-7-9-20(32)10-8-17)25(34)29(15-22(31)28(30)2)14-19-6-4-5-18-13-26-27-24(18)19/h3-10,13,21-22,32H,1,11-12,14-16H2,2H3,(H,26,27)/t21-,22+/m0/s1. The second kappa shape index (κ2) is 8.92. The summed E-state index contributed by atoms with van der Waals surface area (Å²) in [7, 11) is 1.95. The molecule has 0 bridgehead atoms. The number of piperazine rings is 1. The summed E-state index contributed by atoms with van der Waals surface area (Å²) in [6, 6.07) is 12.1. The number of hydrogen-bond acceptors (Lipinski definition) is 6. The summed E-state index contributed by atoms with van der Waals surface area (Å²) in [5, 5.41) is 21.8. The summed E-state index contributed by atoms with van der Waals surface area (Å²) < 4.78 is 0. The van der Waals surface area contributed by atoms with Crippen molar-refractivity contribution in [2.75, 3.05) is 26.7 Å². The summed E-state index contributed by atoms with van der Waals surface area (Å²) in [5.41, 5.74) is 2.78. The molecule has 0 unspecified atom stereocenters. The lowest BCUT2D eigenvalue weighted by atomic mass is 9.98. The van der Waals surface area contributed by atoms with E-state index >= 15 is 0 Å². The highest BCUT2D eigenvalue weighted by Crippen LogP contribution is 2.29. The maximum Gasteiger partial charge on any atom is 0.246 e. The van der Waals surface area contributed by atoms with Crippen LogP contribution in [0.3, 0.4) is 0 Å². The van der Waals surface area contributed by atoms with Gasteiger partial charge < -0.3 is 14.9 Å². The first-order valence-electron chi connectivity index (χ1n) is 11.3. The molecule has 5 rings (SSSR count). The molecule has 2 N–H and O–H groups in total. The molecule has 2 saturated heterocycles. The molecule has 3 heterocycles. The van der Waals surface area contributed by atoms with Crippen LogP contribution in [-0.4, -0.2) is 85.8 Å². The fourth-order valence-corrected chi connectivity index (χ4v) is 4.98. The number of phenolic OH excluding ortho intramolecular Hbond substituents is 1. The van der Waals surface area contributed by atoms with Gasteiger partial charge in [0.2, 0.25) is 11.8 Å². The predicted molar refractivity (Wildman–Crippen MR) is 127 cm³/mol. The molecule has 34 heavy (non-hydrogen) atoms. The Kier molecular flexibility index (Phi) is 5.80. The van der Waals surface area contributed by atoms with Crippen LogP contribution in [0, 0.1) is 0 Å². The molecule has 2 aliphatic heterocycles. The van der Waals surface area contributed by atoms with E-state index in [0.29, 0.717) is 26.1 Å². The largest absolute Gasteiger partial charge is 0.508 e. The molecular weight excluding hydrogens is 432 g/mol. The topological polar surface area (TPSA) is 96.0 Å². The molecule has 2 aliphatic rings. The Morgan fingerprint density at radius 1 is 1.21 bits per heavy atom. The average Bonchev–Trinajstić information content (AvgIpc) is 3.31. The van der Waals surface area contributed by atoms with Gasteiger partial charge in [-0.3, -0.25) is 14.7 Å². The number of aromatic amines is 1. The SMILES string of the molecule is C=CCN1CC(=O)N2[C@@H](Cc3ccc(O)cc3)C(=O)N(Cc3cccc4cn[nH]c34)C[C@@H]2N1C. The Morgan fingerprint density at radius 3 is 2.76 bits per heavy atom. The molecular formula is C25H28N6O3. The van der Waals surface area contributed by atoms with Gasteiger partial charge in [0.15, 0.2) is 0 Å². The highest BCUT2D eigenvalue weighted by molar-refractivity contribution is 5.91. The lowest BCUT2D eigenvalue weighted by Crippen LogP contribution is -2.74. The molecule has 1 aromatic heterocycles. The second-order valence-electron chi connectivity index (χ2n) is 8.85. The number of phenols is 1. The number of nitrogens with zero attached hydrogens (tertiary/aromatic N) is 5. The summed E-state index contributed by atoms with van der Waals surface area (Å²) >= 11 is 0. The van der Waals surface area contributed by atoms with Gasteiger partial charge in [-0.1, -0.05) is 36.4 Å². The lowest BCUT2D eigenvalue weighted by molar-refractivity contribution is -0.196. The zero-order valence-corrected chi connectivity index (χ0v) is 19.1. The van der Waals surface area contributed by atoms with Crippen molar-refractivity contribution in [1.29, 1.82) is 0 Å². The van der Waals surface area contributed by atoms with Crippen LogP contribution in [0.4, 0.5) is 0 Å². The Bertz CT molecular complexity index is 1220. The number of rotatable bonds is 6. The fraction of sp³-hybridized carbons (Fsp3) is 0.320. The van der Waals surface area contributed by atoms with Crippen molar-refractivity contribution in [2.24, 2.45) is 0 Å². The van der Waals surface area contributed by atoms with Gasteiger partial charge in [-0.25, -0.2) is 10.0 Å². The Morgan fingerprint density at radius 2 is 2.00 bits per heavy atom.